The number of rotatable bonds is 1. The molecule has 1 atom stereocenters. The highest BCUT2D eigenvalue weighted by Crippen LogP contribution is 2.20. The molecule has 1 aliphatic carbocycles. The molecule has 1 unspecified atom stereocenters. The van der Waals surface area contributed by atoms with Gasteiger partial charge in [-0.2, -0.15) is 5.10 Å². The van der Waals surface area contributed by atoms with Crippen LogP contribution in [-0.4, -0.2) is 23.3 Å². The van der Waals surface area contributed by atoms with Gasteiger partial charge in [0.15, 0.2) is 0 Å². The van der Waals surface area contributed by atoms with Gasteiger partial charge in [0, 0.05) is 18.5 Å². The van der Waals surface area contributed by atoms with Gasteiger partial charge in [-0.25, -0.2) is 0 Å². The summed E-state index contributed by atoms with van der Waals surface area (Å²) in [5.74, 6) is 0.539. The third-order valence-corrected chi connectivity index (χ3v) is 2.33. The van der Waals surface area contributed by atoms with Gasteiger partial charge in [-0.1, -0.05) is 18.2 Å². The number of hydrogen-bond donors (Lipinski definition) is 0. The summed E-state index contributed by atoms with van der Waals surface area (Å²) >= 11 is 0. The Kier molecular flexibility index (Phi) is 1.75. The van der Waals surface area contributed by atoms with E-state index >= 15 is 0 Å². The minimum atomic E-state index is 0.518. The predicted octanol–water partition coefficient (Wildman–Crippen LogP) is 1.81. The van der Waals surface area contributed by atoms with Crippen LogP contribution in [0.2, 0.25) is 0 Å². The fourth-order valence-corrected chi connectivity index (χ4v) is 1.55. The number of allylic oxidation sites excluding steroid dienone is 3. The van der Waals surface area contributed by atoms with Gasteiger partial charge in [-0.3, -0.25) is 5.01 Å². The Balaban J connectivity index is 2.17. The summed E-state index contributed by atoms with van der Waals surface area (Å²) < 4.78 is 0. The normalized spacial score (nSPS) is 26.4. The molecule has 0 saturated heterocycles. The van der Waals surface area contributed by atoms with Crippen molar-refractivity contribution in [1.82, 2.24) is 5.01 Å². The molecule has 0 bridgehead atoms. The van der Waals surface area contributed by atoms with E-state index in [1.54, 1.807) is 0 Å². The topological polar surface area (TPSA) is 15.6 Å². The first-order chi connectivity index (χ1) is 5.77. The van der Waals surface area contributed by atoms with Crippen LogP contribution in [0.15, 0.2) is 29.4 Å². The molecule has 0 aromatic rings. The van der Waals surface area contributed by atoms with Crippen molar-refractivity contribution in [3.05, 3.63) is 24.3 Å². The van der Waals surface area contributed by atoms with Crippen molar-refractivity contribution in [2.75, 3.05) is 6.54 Å². The number of hydrogen-bond acceptors (Lipinski definition) is 2. The fourth-order valence-electron chi connectivity index (χ4n) is 1.55. The Bertz CT molecular complexity index is 261. The Morgan fingerprint density at radius 3 is 3.00 bits per heavy atom. The third kappa shape index (κ3) is 1.17. The maximum Gasteiger partial charge on any atom is 0.0692 e. The van der Waals surface area contributed by atoms with Crippen molar-refractivity contribution in [2.24, 2.45) is 11.0 Å². The highest BCUT2D eigenvalue weighted by atomic mass is 15.5. The second kappa shape index (κ2) is 2.77. The first kappa shape index (κ1) is 7.59. The van der Waals surface area contributed by atoms with Gasteiger partial charge in [0.1, 0.15) is 0 Å². The lowest BCUT2D eigenvalue weighted by molar-refractivity contribution is 0.248. The third-order valence-electron chi connectivity index (χ3n) is 2.33. The lowest BCUT2D eigenvalue weighted by Gasteiger charge is -2.18. The molecule has 2 rings (SSSR count). The highest BCUT2D eigenvalue weighted by Gasteiger charge is 2.24. The molecule has 0 aromatic carbocycles. The second-order valence-electron chi connectivity index (χ2n) is 3.59. The molecule has 0 spiro atoms. The molecule has 12 heavy (non-hydrogen) atoms. The van der Waals surface area contributed by atoms with Crippen LogP contribution in [0.3, 0.4) is 0 Å². The van der Waals surface area contributed by atoms with Gasteiger partial charge in [0.2, 0.25) is 0 Å². The van der Waals surface area contributed by atoms with Crippen LogP contribution in [-0.2, 0) is 0 Å². The van der Waals surface area contributed by atoms with Gasteiger partial charge >= 0.3 is 0 Å². The Morgan fingerprint density at radius 1 is 1.50 bits per heavy atom. The molecule has 64 valence electrons. The maximum atomic E-state index is 4.52. The molecule has 2 heteroatoms. The molecule has 0 N–H and O–H groups in total. The average molecular weight is 162 g/mol. The molecule has 0 saturated carbocycles. The number of hydrazone groups is 1. The monoisotopic (exact) mass is 162 g/mol. The first-order valence-corrected chi connectivity index (χ1v) is 4.47. The van der Waals surface area contributed by atoms with Gasteiger partial charge < -0.3 is 0 Å². The summed E-state index contributed by atoms with van der Waals surface area (Å²) in [6.07, 6.45) is 8.49. The largest absolute Gasteiger partial charge is 0.293 e. The van der Waals surface area contributed by atoms with E-state index in [1.165, 1.54) is 5.71 Å². The molecule has 1 aliphatic heterocycles. The number of fused-ring (bicyclic) bond motifs is 1. The van der Waals surface area contributed by atoms with E-state index in [-0.39, 0.29) is 0 Å². The Labute approximate surface area is 73.3 Å². The van der Waals surface area contributed by atoms with E-state index in [2.05, 4.69) is 48.3 Å². The van der Waals surface area contributed by atoms with Crippen LogP contribution in [0.4, 0.5) is 0 Å². The Hall–Kier alpha value is -1.05. The van der Waals surface area contributed by atoms with Crippen molar-refractivity contribution in [1.29, 1.82) is 0 Å². The summed E-state index contributed by atoms with van der Waals surface area (Å²) in [5, 5.41) is 6.67. The smallest absolute Gasteiger partial charge is 0.0692 e. The molecular weight excluding hydrogens is 148 g/mol. The van der Waals surface area contributed by atoms with Crippen LogP contribution in [0.5, 0.6) is 0 Å². The van der Waals surface area contributed by atoms with Crippen LogP contribution in [0.1, 0.15) is 13.8 Å². The lowest BCUT2D eigenvalue weighted by Crippen LogP contribution is -2.25. The van der Waals surface area contributed by atoms with Crippen LogP contribution < -0.4 is 0 Å². The molecular formula is C10H14N2. The quantitative estimate of drug-likeness (QED) is 0.574. The zero-order valence-electron chi connectivity index (χ0n) is 7.57. The first-order valence-electron chi connectivity index (χ1n) is 4.47. The zero-order valence-corrected chi connectivity index (χ0v) is 7.57. The van der Waals surface area contributed by atoms with Gasteiger partial charge in [0.05, 0.1) is 5.71 Å². The second-order valence-corrected chi connectivity index (χ2v) is 3.59. The minimum Gasteiger partial charge on any atom is -0.293 e. The van der Waals surface area contributed by atoms with E-state index in [1.807, 2.05) is 0 Å². The SMILES string of the molecule is CC(C)N1CC2C=CC=CC2=N1. The van der Waals surface area contributed by atoms with Crippen molar-refractivity contribution in [2.45, 2.75) is 19.9 Å². The fraction of sp³-hybridized carbons (Fsp3) is 0.500. The lowest BCUT2D eigenvalue weighted by atomic mass is 10.00. The van der Waals surface area contributed by atoms with E-state index in [9.17, 15) is 0 Å². The van der Waals surface area contributed by atoms with E-state index in [0.717, 1.165) is 6.54 Å². The molecule has 2 nitrogen and oxygen atoms in total. The molecule has 2 aliphatic rings. The summed E-state index contributed by atoms with van der Waals surface area (Å²) in [4.78, 5) is 0. The summed E-state index contributed by atoms with van der Waals surface area (Å²) in [5.41, 5.74) is 1.21. The van der Waals surface area contributed by atoms with E-state index in [0.29, 0.717) is 12.0 Å². The summed E-state index contributed by atoms with van der Waals surface area (Å²) in [6, 6.07) is 0.518. The Morgan fingerprint density at radius 2 is 2.33 bits per heavy atom. The van der Waals surface area contributed by atoms with Crippen LogP contribution in [0, 0.1) is 5.92 Å². The molecule has 0 fully saturated rings. The van der Waals surface area contributed by atoms with Crippen molar-refractivity contribution in [3.63, 3.8) is 0 Å². The molecule has 0 radical (unpaired) electrons. The van der Waals surface area contributed by atoms with Crippen molar-refractivity contribution < 1.29 is 0 Å². The van der Waals surface area contributed by atoms with Crippen molar-refractivity contribution in [3.8, 4) is 0 Å². The van der Waals surface area contributed by atoms with Gasteiger partial charge in [0.25, 0.3) is 0 Å². The predicted molar refractivity (Wildman–Crippen MR) is 51.0 cm³/mol. The van der Waals surface area contributed by atoms with E-state index in [4.69, 9.17) is 0 Å². The summed E-state index contributed by atoms with van der Waals surface area (Å²) in [6.45, 7) is 5.40. The number of nitrogens with zero attached hydrogens (tertiary/aromatic N) is 2. The highest BCUT2D eigenvalue weighted by molar-refractivity contribution is 6.00. The summed E-state index contributed by atoms with van der Waals surface area (Å²) in [7, 11) is 0. The standard InChI is InChI=1S/C10H14N2/c1-8(2)12-7-9-5-3-4-6-10(9)11-12/h3-6,8-9H,7H2,1-2H3. The zero-order chi connectivity index (χ0) is 8.55. The van der Waals surface area contributed by atoms with Crippen LogP contribution in [0.25, 0.3) is 0 Å². The molecule has 1 heterocycles. The van der Waals surface area contributed by atoms with E-state index < -0.39 is 0 Å². The van der Waals surface area contributed by atoms with Gasteiger partial charge in [-0.15, -0.1) is 0 Å². The van der Waals surface area contributed by atoms with Gasteiger partial charge in [-0.05, 0) is 19.9 Å². The molecule has 0 aromatic heterocycles. The maximum absolute atomic E-state index is 4.52. The van der Waals surface area contributed by atoms with Crippen LogP contribution >= 0.6 is 0 Å². The molecule has 0 amide bonds. The average Bonchev–Trinajstić information content (AvgIpc) is 2.46. The minimum absolute atomic E-state index is 0.518. The van der Waals surface area contributed by atoms with Crippen molar-refractivity contribution >= 4 is 5.71 Å².